The second kappa shape index (κ2) is 4.79. The second-order valence-electron chi connectivity index (χ2n) is 5.05. The predicted molar refractivity (Wildman–Crippen MR) is 62.6 cm³/mol. The van der Waals surface area contributed by atoms with Crippen molar-refractivity contribution in [1.29, 1.82) is 0 Å². The molecule has 2 N–H and O–H groups in total. The molecule has 3 heteroatoms. The highest BCUT2D eigenvalue weighted by Gasteiger charge is 2.45. The summed E-state index contributed by atoms with van der Waals surface area (Å²) in [4.78, 5) is 11.5. The van der Waals surface area contributed by atoms with E-state index >= 15 is 0 Å². The van der Waals surface area contributed by atoms with Crippen LogP contribution in [0.4, 0.5) is 0 Å². The van der Waals surface area contributed by atoms with Gasteiger partial charge < -0.3 is 10.6 Å². The quantitative estimate of drug-likeness (QED) is 0.649. The van der Waals surface area contributed by atoms with Crippen LogP contribution in [0.25, 0.3) is 0 Å². The lowest BCUT2D eigenvalue weighted by atomic mass is 10.1. The lowest BCUT2D eigenvalue weighted by Crippen LogP contribution is -2.43. The molecule has 15 heavy (non-hydrogen) atoms. The van der Waals surface area contributed by atoms with Gasteiger partial charge in [-0.15, -0.1) is 6.58 Å². The van der Waals surface area contributed by atoms with Crippen molar-refractivity contribution < 1.29 is 4.79 Å². The highest BCUT2D eigenvalue weighted by Crippen LogP contribution is 2.50. The number of hydrogen-bond acceptors (Lipinski definition) is 2. The molecule has 0 spiro atoms. The molecule has 1 aliphatic rings. The Morgan fingerprint density at radius 1 is 1.67 bits per heavy atom. The molecular formula is C12H22N2O. The average Bonchev–Trinajstić information content (AvgIpc) is 2.79. The molecule has 2 unspecified atom stereocenters. The molecule has 0 saturated heterocycles. The number of nitrogens with one attached hydrogen (secondary N) is 2. The van der Waals surface area contributed by atoms with Crippen LogP contribution in [0.2, 0.25) is 0 Å². The largest absolute Gasteiger partial charge is 0.351 e. The first kappa shape index (κ1) is 12.2. The maximum absolute atomic E-state index is 11.5. The number of rotatable bonds is 6. The Labute approximate surface area is 92.3 Å². The van der Waals surface area contributed by atoms with E-state index in [0.717, 1.165) is 12.5 Å². The van der Waals surface area contributed by atoms with Crippen molar-refractivity contribution in [3.8, 4) is 0 Å². The van der Waals surface area contributed by atoms with Gasteiger partial charge in [-0.3, -0.25) is 4.79 Å². The summed E-state index contributed by atoms with van der Waals surface area (Å²) in [6, 6.07) is -0.110. The van der Waals surface area contributed by atoms with E-state index in [1.807, 2.05) is 6.92 Å². The molecule has 0 radical (unpaired) electrons. The molecule has 0 aromatic carbocycles. The number of hydrogen-bond donors (Lipinski definition) is 2. The molecule has 0 aromatic rings. The van der Waals surface area contributed by atoms with Gasteiger partial charge in [-0.1, -0.05) is 19.9 Å². The summed E-state index contributed by atoms with van der Waals surface area (Å²) in [6.45, 7) is 11.5. The minimum absolute atomic E-state index is 0.0494. The van der Waals surface area contributed by atoms with Crippen molar-refractivity contribution in [1.82, 2.24) is 10.6 Å². The van der Waals surface area contributed by atoms with Gasteiger partial charge in [0.15, 0.2) is 0 Å². The van der Waals surface area contributed by atoms with E-state index in [4.69, 9.17) is 0 Å². The summed E-state index contributed by atoms with van der Waals surface area (Å²) >= 11 is 0. The second-order valence-corrected chi connectivity index (χ2v) is 5.05. The van der Waals surface area contributed by atoms with E-state index in [0.29, 0.717) is 12.0 Å². The van der Waals surface area contributed by atoms with Gasteiger partial charge in [0.25, 0.3) is 0 Å². The van der Waals surface area contributed by atoms with Crippen LogP contribution in [-0.4, -0.2) is 25.0 Å². The van der Waals surface area contributed by atoms with Crippen molar-refractivity contribution in [2.24, 2.45) is 11.3 Å². The predicted octanol–water partition coefficient (Wildman–Crippen LogP) is 1.31. The van der Waals surface area contributed by atoms with Gasteiger partial charge in [0.2, 0.25) is 5.91 Å². The van der Waals surface area contributed by atoms with E-state index in [-0.39, 0.29) is 11.9 Å². The van der Waals surface area contributed by atoms with Crippen LogP contribution < -0.4 is 10.6 Å². The van der Waals surface area contributed by atoms with Crippen molar-refractivity contribution in [2.75, 3.05) is 13.1 Å². The zero-order chi connectivity index (χ0) is 11.5. The van der Waals surface area contributed by atoms with Crippen molar-refractivity contribution in [3.05, 3.63) is 12.7 Å². The Morgan fingerprint density at radius 2 is 2.27 bits per heavy atom. The molecule has 3 nitrogen and oxygen atoms in total. The maximum Gasteiger partial charge on any atom is 0.237 e. The minimum atomic E-state index is -0.110. The fraction of sp³-hybridized carbons (Fsp3) is 0.750. The minimum Gasteiger partial charge on any atom is -0.351 e. The summed E-state index contributed by atoms with van der Waals surface area (Å²) in [5, 5.41) is 6.04. The molecular weight excluding hydrogens is 188 g/mol. The topological polar surface area (TPSA) is 41.1 Å². The zero-order valence-corrected chi connectivity index (χ0v) is 9.97. The Bertz CT molecular complexity index is 248. The van der Waals surface area contributed by atoms with Crippen molar-refractivity contribution in [3.63, 3.8) is 0 Å². The van der Waals surface area contributed by atoms with Gasteiger partial charge in [-0.25, -0.2) is 0 Å². The van der Waals surface area contributed by atoms with Crippen LogP contribution in [0.3, 0.4) is 0 Å². The van der Waals surface area contributed by atoms with E-state index in [9.17, 15) is 4.79 Å². The van der Waals surface area contributed by atoms with Gasteiger partial charge in [-0.05, 0) is 31.2 Å². The molecule has 0 heterocycles. The fourth-order valence-corrected chi connectivity index (χ4v) is 1.66. The zero-order valence-electron chi connectivity index (χ0n) is 9.97. The number of carbonyl (C=O) groups excluding carboxylic acids is 1. The van der Waals surface area contributed by atoms with E-state index in [1.165, 1.54) is 6.42 Å². The summed E-state index contributed by atoms with van der Waals surface area (Å²) in [7, 11) is 0. The van der Waals surface area contributed by atoms with E-state index < -0.39 is 0 Å². The highest BCUT2D eigenvalue weighted by molar-refractivity contribution is 5.81. The molecule has 0 aromatic heterocycles. The van der Waals surface area contributed by atoms with Gasteiger partial charge in [0.05, 0.1) is 6.04 Å². The first-order valence-corrected chi connectivity index (χ1v) is 5.59. The molecule has 1 aliphatic carbocycles. The maximum atomic E-state index is 11.5. The molecule has 86 valence electrons. The first-order chi connectivity index (χ1) is 6.97. The highest BCUT2D eigenvalue weighted by atomic mass is 16.2. The number of amides is 1. The monoisotopic (exact) mass is 210 g/mol. The standard InChI is InChI=1S/C12H22N2O/c1-5-6-13-11(15)9(2)14-8-10-7-12(10,3)4/h5,9-10,14H,1,6-8H2,2-4H3,(H,13,15). The van der Waals surface area contributed by atoms with Gasteiger partial charge in [0.1, 0.15) is 0 Å². The van der Waals surface area contributed by atoms with Crippen LogP contribution in [0.5, 0.6) is 0 Å². The SMILES string of the molecule is C=CCNC(=O)C(C)NCC1CC1(C)C. The molecule has 0 bridgehead atoms. The van der Waals surface area contributed by atoms with Crippen LogP contribution in [0, 0.1) is 11.3 Å². The van der Waals surface area contributed by atoms with Gasteiger partial charge in [0, 0.05) is 6.54 Å². The van der Waals surface area contributed by atoms with Crippen LogP contribution >= 0.6 is 0 Å². The van der Waals surface area contributed by atoms with Crippen LogP contribution in [-0.2, 0) is 4.79 Å². The fourth-order valence-electron chi connectivity index (χ4n) is 1.66. The van der Waals surface area contributed by atoms with Gasteiger partial charge >= 0.3 is 0 Å². The Kier molecular flexibility index (Phi) is 3.91. The first-order valence-electron chi connectivity index (χ1n) is 5.59. The van der Waals surface area contributed by atoms with Crippen molar-refractivity contribution in [2.45, 2.75) is 33.2 Å². The molecule has 2 atom stereocenters. The lowest BCUT2D eigenvalue weighted by Gasteiger charge is -2.13. The Morgan fingerprint density at radius 3 is 2.73 bits per heavy atom. The third-order valence-electron chi connectivity index (χ3n) is 3.20. The van der Waals surface area contributed by atoms with E-state index in [2.05, 4.69) is 31.1 Å². The molecule has 1 fully saturated rings. The van der Waals surface area contributed by atoms with E-state index in [1.54, 1.807) is 6.08 Å². The summed E-state index contributed by atoms with van der Waals surface area (Å²) in [5.41, 5.74) is 0.477. The van der Waals surface area contributed by atoms with Crippen LogP contribution in [0.1, 0.15) is 27.2 Å². The third kappa shape index (κ3) is 3.67. The van der Waals surface area contributed by atoms with Crippen molar-refractivity contribution >= 4 is 5.91 Å². The Balaban J connectivity index is 2.15. The van der Waals surface area contributed by atoms with Gasteiger partial charge in [-0.2, -0.15) is 0 Å². The normalized spacial score (nSPS) is 24.3. The summed E-state index contributed by atoms with van der Waals surface area (Å²) < 4.78 is 0. The van der Waals surface area contributed by atoms with Crippen LogP contribution in [0.15, 0.2) is 12.7 Å². The third-order valence-corrected chi connectivity index (χ3v) is 3.20. The lowest BCUT2D eigenvalue weighted by molar-refractivity contribution is -0.122. The molecule has 1 amide bonds. The Hall–Kier alpha value is -0.830. The smallest absolute Gasteiger partial charge is 0.237 e. The number of carbonyl (C=O) groups is 1. The molecule has 1 rings (SSSR count). The molecule has 0 aliphatic heterocycles. The summed E-state index contributed by atoms with van der Waals surface area (Å²) in [6.07, 6.45) is 2.95. The molecule has 1 saturated carbocycles. The average molecular weight is 210 g/mol. The summed E-state index contributed by atoms with van der Waals surface area (Å²) in [5.74, 6) is 0.778.